The van der Waals surface area contributed by atoms with Gasteiger partial charge in [-0.1, -0.05) is 31.2 Å². The molecule has 1 aliphatic rings. The summed E-state index contributed by atoms with van der Waals surface area (Å²) < 4.78 is 1.99. The van der Waals surface area contributed by atoms with Crippen LogP contribution in [0.3, 0.4) is 0 Å². The van der Waals surface area contributed by atoms with Gasteiger partial charge < -0.3 is 10.2 Å². The van der Waals surface area contributed by atoms with Crippen molar-refractivity contribution in [3.63, 3.8) is 0 Å². The van der Waals surface area contributed by atoms with Gasteiger partial charge in [-0.2, -0.15) is 5.10 Å². The van der Waals surface area contributed by atoms with E-state index in [4.69, 9.17) is 0 Å². The Morgan fingerprint density at radius 2 is 1.71 bits per heavy atom. The van der Waals surface area contributed by atoms with Crippen LogP contribution in [0.4, 0.5) is 0 Å². The number of hydrogen-bond acceptors (Lipinski definition) is 4. The van der Waals surface area contributed by atoms with Crippen LogP contribution in [-0.2, 0) is 13.0 Å². The van der Waals surface area contributed by atoms with E-state index in [0.29, 0.717) is 6.54 Å². The molecule has 0 aliphatic carbocycles. The van der Waals surface area contributed by atoms with Gasteiger partial charge in [-0.3, -0.25) is 4.68 Å². The molecule has 5 nitrogen and oxygen atoms in total. The van der Waals surface area contributed by atoms with Gasteiger partial charge in [-0.15, -0.1) is 0 Å². The number of aliphatic hydroxyl groups excluding tert-OH is 2. The topological polar surface area (TPSA) is 61.5 Å². The molecule has 2 atom stereocenters. The number of fused-ring (bicyclic) bond motifs is 1. The number of aryl methyl sites for hydroxylation is 1. The number of benzene rings is 1. The summed E-state index contributed by atoms with van der Waals surface area (Å²) in [6.07, 6.45) is 2.12. The molecule has 0 radical (unpaired) electrons. The van der Waals surface area contributed by atoms with E-state index in [0.717, 1.165) is 36.2 Å². The van der Waals surface area contributed by atoms with Crippen LogP contribution >= 0.6 is 0 Å². The Bertz CT molecular complexity index is 582. The Kier molecular flexibility index (Phi) is 4.05. The lowest BCUT2D eigenvalue weighted by atomic mass is 10.1. The fourth-order valence-electron chi connectivity index (χ4n) is 2.95. The van der Waals surface area contributed by atoms with Crippen molar-refractivity contribution >= 4 is 0 Å². The molecule has 21 heavy (non-hydrogen) atoms. The van der Waals surface area contributed by atoms with E-state index in [1.54, 1.807) is 11.1 Å². The maximum Gasteiger partial charge on any atom is 0.136 e. The quantitative estimate of drug-likeness (QED) is 0.881. The molecule has 1 aromatic heterocycles. The normalized spacial score (nSPS) is 21.7. The highest BCUT2D eigenvalue weighted by Gasteiger charge is 2.35. The van der Waals surface area contributed by atoms with E-state index in [1.165, 1.54) is 0 Å². The number of aromatic nitrogens is 2. The summed E-state index contributed by atoms with van der Waals surface area (Å²) in [5.74, 6) is 0. The molecule has 3 rings (SSSR count). The van der Waals surface area contributed by atoms with Crippen LogP contribution in [0, 0.1) is 0 Å². The molecule has 112 valence electrons. The molecule has 0 saturated carbocycles. The maximum atomic E-state index is 10.4. The summed E-state index contributed by atoms with van der Waals surface area (Å²) in [5.41, 5.74) is 2.73. The second-order valence-electron chi connectivity index (χ2n) is 5.41. The summed E-state index contributed by atoms with van der Waals surface area (Å²) in [4.78, 5) is 1.72. The molecule has 5 heteroatoms. The van der Waals surface area contributed by atoms with Gasteiger partial charge in [0.25, 0.3) is 0 Å². The van der Waals surface area contributed by atoms with Gasteiger partial charge in [0.1, 0.15) is 12.5 Å². The van der Waals surface area contributed by atoms with Crippen molar-refractivity contribution in [3.8, 4) is 0 Å². The minimum Gasteiger partial charge on any atom is -0.374 e. The van der Waals surface area contributed by atoms with Gasteiger partial charge in [0, 0.05) is 42.5 Å². The van der Waals surface area contributed by atoms with Crippen LogP contribution in [0.25, 0.3) is 0 Å². The number of aliphatic hydroxyl groups is 2. The van der Waals surface area contributed by atoms with Crippen molar-refractivity contribution in [2.45, 2.75) is 38.8 Å². The second-order valence-corrected chi connectivity index (χ2v) is 5.41. The standard InChI is InChI=1S/C16H21N3O2/c1-2-10-19-12(7-9-17-19)8-11-18-15(20)13-5-3-4-6-14(13)16(18)21/h3-7,9,15-16,20-21H,2,8,10-11H2,1H3. The summed E-state index contributed by atoms with van der Waals surface area (Å²) >= 11 is 0. The molecule has 1 aromatic carbocycles. The Hall–Kier alpha value is -1.69. The third-order valence-electron chi connectivity index (χ3n) is 4.05. The van der Waals surface area contributed by atoms with Gasteiger partial charge in [0.05, 0.1) is 0 Å². The zero-order valence-electron chi connectivity index (χ0n) is 12.2. The van der Waals surface area contributed by atoms with E-state index in [9.17, 15) is 10.2 Å². The van der Waals surface area contributed by atoms with Gasteiger partial charge in [-0.05, 0) is 12.5 Å². The van der Waals surface area contributed by atoms with E-state index in [-0.39, 0.29) is 0 Å². The van der Waals surface area contributed by atoms with Gasteiger partial charge in [0.2, 0.25) is 0 Å². The van der Waals surface area contributed by atoms with Gasteiger partial charge in [0.15, 0.2) is 0 Å². The first kappa shape index (κ1) is 14.3. The molecule has 0 fully saturated rings. The molecule has 2 heterocycles. The molecular formula is C16H21N3O2. The highest BCUT2D eigenvalue weighted by atomic mass is 16.3. The second kappa shape index (κ2) is 5.97. The van der Waals surface area contributed by atoms with Crippen LogP contribution in [-0.4, -0.2) is 31.4 Å². The van der Waals surface area contributed by atoms with Crippen LogP contribution < -0.4 is 0 Å². The van der Waals surface area contributed by atoms with Crippen molar-refractivity contribution in [2.24, 2.45) is 0 Å². The lowest BCUT2D eigenvalue weighted by molar-refractivity contribution is -0.0836. The zero-order valence-corrected chi connectivity index (χ0v) is 12.2. The molecule has 0 spiro atoms. The Morgan fingerprint density at radius 3 is 2.33 bits per heavy atom. The smallest absolute Gasteiger partial charge is 0.136 e. The third-order valence-corrected chi connectivity index (χ3v) is 4.05. The minimum atomic E-state index is -0.737. The molecule has 1 aliphatic heterocycles. The van der Waals surface area contributed by atoms with Crippen LogP contribution in [0.2, 0.25) is 0 Å². The molecule has 2 unspecified atom stereocenters. The summed E-state index contributed by atoms with van der Waals surface area (Å²) in [7, 11) is 0. The maximum absolute atomic E-state index is 10.4. The van der Waals surface area contributed by atoms with Crippen molar-refractivity contribution in [1.82, 2.24) is 14.7 Å². The van der Waals surface area contributed by atoms with E-state index >= 15 is 0 Å². The molecule has 2 aromatic rings. The molecular weight excluding hydrogens is 266 g/mol. The molecule has 0 bridgehead atoms. The molecule has 0 saturated heterocycles. The van der Waals surface area contributed by atoms with Crippen molar-refractivity contribution in [1.29, 1.82) is 0 Å². The summed E-state index contributed by atoms with van der Waals surface area (Å²) in [6, 6.07) is 9.50. The zero-order chi connectivity index (χ0) is 14.8. The van der Waals surface area contributed by atoms with Crippen molar-refractivity contribution < 1.29 is 10.2 Å². The van der Waals surface area contributed by atoms with E-state index in [2.05, 4.69) is 12.0 Å². The summed E-state index contributed by atoms with van der Waals surface area (Å²) in [5, 5.41) is 25.0. The van der Waals surface area contributed by atoms with Gasteiger partial charge in [-0.25, -0.2) is 4.90 Å². The number of nitrogens with zero attached hydrogens (tertiary/aromatic N) is 3. The highest BCUT2D eigenvalue weighted by molar-refractivity contribution is 5.34. The third kappa shape index (κ3) is 2.60. The number of hydrogen-bond donors (Lipinski definition) is 2. The fourth-order valence-corrected chi connectivity index (χ4v) is 2.95. The molecule has 0 amide bonds. The highest BCUT2D eigenvalue weighted by Crippen LogP contribution is 2.38. The summed E-state index contributed by atoms with van der Waals surface area (Å²) in [6.45, 7) is 3.61. The van der Waals surface area contributed by atoms with Crippen molar-refractivity contribution in [3.05, 3.63) is 53.3 Å². The Morgan fingerprint density at radius 1 is 1.05 bits per heavy atom. The Labute approximate surface area is 124 Å². The average Bonchev–Trinajstić information content (AvgIpc) is 3.03. The van der Waals surface area contributed by atoms with Crippen molar-refractivity contribution in [2.75, 3.05) is 6.54 Å². The Balaban J connectivity index is 1.70. The predicted molar refractivity (Wildman–Crippen MR) is 79.3 cm³/mol. The minimum absolute atomic E-state index is 0.590. The first-order chi connectivity index (χ1) is 10.2. The van der Waals surface area contributed by atoms with Crippen LogP contribution in [0.5, 0.6) is 0 Å². The predicted octanol–water partition coefficient (Wildman–Crippen LogP) is 1.83. The number of rotatable bonds is 5. The molecule has 2 N–H and O–H groups in total. The SMILES string of the molecule is CCCn1nccc1CCN1C(O)c2ccccc2C1O. The van der Waals surface area contributed by atoms with Gasteiger partial charge >= 0.3 is 0 Å². The first-order valence-electron chi connectivity index (χ1n) is 7.43. The van der Waals surface area contributed by atoms with Crippen LogP contribution in [0.1, 0.15) is 42.6 Å². The lowest BCUT2D eigenvalue weighted by Crippen LogP contribution is -2.29. The average molecular weight is 287 g/mol. The van der Waals surface area contributed by atoms with E-state index in [1.807, 2.05) is 35.0 Å². The lowest BCUT2D eigenvalue weighted by Gasteiger charge is -2.24. The monoisotopic (exact) mass is 287 g/mol. The van der Waals surface area contributed by atoms with E-state index < -0.39 is 12.5 Å². The largest absolute Gasteiger partial charge is 0.374 e. The fraction of sp³-hybridized carbons (Fsp3) is 0.438. The van der Waals surface area contributed by atoms with Crippen LogP contribution in [0.15, 0.2) is 36.5 Å². The first-order valence-corrected chi connectivity index (χ1v) is 7.43.